The van der Waals surface area contributed by atoms with Gasteiger partial charge >= 0.3 is 5.97 Å². The minimum atomic E-state index is -0.998. The van der Waals surface area contributed by atoms with E-state index in [9.17, 15) is 14.0 Å². The van der Waals surface area contributed by atoms with Gasteiger partial charge in [-0.2, -0.15) is 0 Å². The molecule has 0 fully saturated rings. The summed E-state index contributed by atoms with van der Waals surface area (Å²) in [7, 11) is 0. The summed E-state index contributed by atoms with van der Waals surface area (Å²) in [6.07, 6.45) is 3.51. The van der Waals surface area contributed by atoms with E-state index in [-0.39, 0.29) is 23.8 Å². The summed E-state index contributed by atoms with van der Waals surface area (Å²) < 4.78 is 19.1. The number of nitrogens with zero attached hydrogens (tertiary/aromatic N) is 1. The molecule has 2 heterocycles. The van der Waals surface area contributed by atoms with Gasteiger partial charge in [0.25, 0.3) is 5.91 Å². The first-order valence-corrected chi connectivity index (χ1v) is 11.0. The average molecular weight is 465 g/mol. The molecule has 0 radical (unpaired) electrons. The molecule has 0 aliphatic carbocycles. The van der Waals surface area contributed by atoms with Crippen LogP contribution in [0.25, 0.3) is 23.1 Å². The highest BCUT2D eigenvalue weighted by molar-refractivity contribution is 6.10. The Morgan fingerprint density at radius 2 is 1.60 bits per heavy atom. The summed E-state index contributed by atoms with van der Waals surface area (Å²) in [4.78, 5) is 26.2. The van der Waals surface area contributed by atoms with Crippen LogP contribution < -0.4 is 0 Å². The predicted molar refractivity (Wildman–Crippen MR) is 130 cm³/mol. The van der Waals surface area contributed by atoms with Gasteiger partial charge in [0, 0.05) is 11.1 Å². The molecule has 0 unspecified atom stereocenters. The van der Waals surface area contributed by atoms with Crippen LogP contribution in [0.2, 0.25) is 0 Å². The molecule has 6 heteroatoms. The Kier molecular flexibility index (Phi) is 5.85. The highest BCUT2D eigenvalue weighted by Crippen LogP contribution is 2.33. The van der Waals surface area contributed by atoms with Crippen LogP contribution in [-0.4, -0.2) is 21.9 Å². The maximum Gasteiger partial charge on any atom is 0.335 e. The first kappa shape index (κ1) is 22.1. The van der Waals surface area contributed by atoms with Gasteiger partial charge in [-0.3, -0.25) is 4.79 Å². The first-order valence-electron chi connectivity index (χ1n) is 11.0. The molecule has 1 aromatic heterocycles. The number of carboxylic acid groups (broad SMARTS) is 1. The lowest BCUT2D eigenvalue weighted by atomic mass is 10.1. The molecule has 5 nitrogen and oxygen atoms in total. The van der Waals surface area contributed by atoms with Crippen molar-refractivity contribution < 1.29 is 23.5 Å². The normalized spacial score (nSPS) is 14.4. The van der Waals surface area contributed by atoms with E-state index in [0.717, 1.165) is 22.4 Å². The topological polar surface area (TPSA) is 70.8 Å². The smallest absolute Gasteiger partial charge is 0.335 e. The molecule has 1 amide bonds. The number of aromatic carboxylic acids is 1. The van der Waals surface area contributed by atoms with Gasteiger partial charge in [0.15, 0.2) is 0 Å². The third kappa shape index (κ3) is 4.68. The summed E-state index contributed by atoms with van der Waals surface area (Å²) >= 11 is 0. The van der Waals surface area contributed by atoms with Crippen molar-refractivity contribution in [2.75, 3.05) is 0 Å². The Morgan fingerprint density at radius 3 is 2.29 bits per heavy atom. The molecule has 0 saturated heterocycles. The number of carboxylic acids is 1. The Morgan fingerprint density at radius 1 is 0.886 bits per heavy atom. The fourth-order valence-corrected chi connectivity index (χ4v) is 3.95. The number of benzene rings is 3. The summed E-state index contributed by atoms with van der Waals surface area (Å²) in [5, 5.41) is 9.15. The Labute approximate surface area is 201 Å². The maximum atomic E-state index is 13.4. The van der Waals surface area contributed by atoms with Gasteiger partial charge in [-0.05, 0) is 71.8 Å². The van der Waals surface area contributed by atoms with Crippen LogP contribution >= 0.6 is 0 Å². The minimum absolute atomic E-state index is 0.189. The van der Waals surface area contributed by atoms with E-state index in [1.807, 2.05) is 36.4 Å². The molecule has 0 bridgehead atoms. The molecule has 5 rings (SSSR count). The van der Waals surface area contributed by atoms with E-state index in [4.69, 9.17) is 9.52 Å². The number of hydrogen-bond donors (Lipinski definition) is 1. The number of carbonyl (C=O) groups excluding carboxylic acids is 1. The fraction of sp³-hybridized carbons (Fsp3) is 0.0345. The Bertz CT molecular complexity index is 1450. The highest BCUT2D eigenvalue weighted by atomic mass is 19.1. The van der Waals surface area contributed by atoms with Crippen molar-refractivity contribution in [1.82, 2.24) is 4.90 Å². The highest BCUT2D eigenvalue weighted by Gasteiger charge is 2.29. The zero-order valence-electron chi connectivity index (χ0n) is 18.5. The molecule has 0 saturated carbocycles. The van der Waals surface area contributed by atoms with E-state index in [0.29, 0.717) is 17.1 Å². The Balaban J connectivity index is 1.46. The second-order valence-corrected chi connectivity index (χ2v) is 8.10. The van der Waals surface area contributed by atoms with E-state index in [1.165, 1.54) is 24.3 Å². The van der Waals surface area contributed by atoms with Gasteiger partial charge in [0.1, 0.15) is 17.3 Å². The zero-order chi connectivity index (χ0) is 24.4. The third-order valence-electron chi connectivity index (χ3n) is 5.74. The van der Waals surface area contributed by atoms with Gasteiger partial charge in [-0.15, -0.1) is 0 Å². The molecule has 0 atom stereocenters. The van der Waals surface area contributed by atoms with Crippen LogP contribution in [0.4, 0.5) is 4.39 Å². The average Bonchev–Trinajstić information content (AvgIpc) is 3.46. The third-order valence-corrected chi connectivity index (χ3v) is 5.74. The monoisotopic (exact) mass is 465 g/mol. The number of rotatable bonds is 6. The summed E-state index contributed by atoms with van der Waals surface area (Å²) in [6, 6.07) is 25.6. The summed E-state index contributed by atoms with van der Waals surface area (Å²) in [5.74, 6) is -0.433. The van der Waals surface area contributed by atoms with Crippen molar-refractivity contribution in [3.8, 4) is 11.3 Å². The number of carbonyl (C=O) groups is 2. The van der Waals surface area contributed by atoms with Crippen molar-refractivity contribution in [2.45, 2.75) is 6.54 Å². The van der Waals surface area contributed by atoms with E-state index in [1.54, 1.807) is 47.4 Å². The Hall–Kier alpha value is -4.71. The lowest BCUT2D eigenvalue weighted by molar-refractivity contribution is -0.123. The zero-order valence-corrected chi connectivity index (χ0v) is 18.5. The second-order valence-electron chi connectivity index (χ2n) is 8.10. The van der Waals surface area contributed by atoms with Crippen LogP contribution in [0.5, 0.6) is 0 Å². The lowest BCUT2D eigenvalue weighted by Crippen LogP contribution is -2.25. The number of hydrogen-bond acceptors (Lipinski definition) is 3. The molecular weight excluding hydrogens is 445 g/mol. The number of amides is 1. The lowest BCUT2D eigenvalue weighted by Gasteiger charge is -2.21. The van der Waals surface area contributed by atoms with Crippen molar-refractivity contribution >= 4 is 23.6 Å². The first-order chi connectivity index (χ1) is 17.0. The molecule has 35 heavy (non-hydrogen) atoms. The standard InChI is InChI=1S/C29H20FNO4/c30-24-12-10-21(11-13-24)27-15-14-25(35-27)16-23-17-26(20-4-2-1-3-5-20)31(28(23)32)18-19-6-8-22(9-7-19)29(33)34/h1-17H,18H2,(H,33,34)/b23-16+. The molecule has 0 spiro atoms. The van der Waals surface area contributed by atoms with Gasteiger partial charge in [0.05, 0.1) is 17.8 Å². The summed E-state index contributed by atoms with van der Waals surface area (Å²) in [6.45, 7) is 0.287. The predicted octanol–water partition coefficient (Wildman–Crippen LogP) is 6.25. The van der Waals surface area contributed by atoms with Crippen LogP contribution in [0.15, 0.2) is 107 Å². The molecule has 3 aromatic carbocycles. The van der Waals surface area contributed by atoms with E-state index >= 15 is 0 Å². The van der Waals surface area contributed by atoms with Crippen molar-refractivity contribution in [3.05, 3.63) is 131 Å². The molecule has 1 aliphatic rings. The van der Waals surface area contributed by atoms with Gasteiger partial charge in [0.2, 0.25) is 0 Å². The summed E-state index contributed by atoms with van der Waals surface area (Å²) in [5.41, 5.74) is 3.83. The quantitative estimate of drug-likeness (QED) is 0.342. The van der Waals surface area contributed by atoms with Gasteiger partial charge in [-0.25, -0.2) is 9.18 Å². The van der Waals surface area contributed by atoms with Crippen molar-refractivity contribution in [2.24, 2.45) is 0 Å². The molecular formula is C29H20FNO4. The molecule has 1 aliphatic heterocycles. The fourth-order valence-electron chi connectivity index (χ4n) is 3.95. The largest absolute Gasteiger partial charge is 0.478 e. The van der Waals surface area contributed by atoms with Crippen LogP contribution in [0, 0.1) is 5.82 Å². The molecule has 4 aromatic rings. The van der Waals surface area contributed by atoms with Crippen molar-refractivity contribution in [1.29, 1.82) is 0 Å². The van der Waals surface area contributed by atoms with Crippen LogP contribution in [0.3, 0.4) is 0 Å². The minimum Gasteiger partial charge on any atom is -0.478 e. The SMILES string of the molecule is O=C(O)c1ccc(CN2C(=O)/C(=C/c3ccc(-c4ccc(F)cc4)o3)C=C2c2ccccc2)cc1. The molecule has 172 valence electrons. The van der Waals surface area contributed by atoms with Crippen LogP contribution in [0.1, 0.15) is 27.2 Å². The van der Waals surface area contributed by atoms with Gasteiger partial charge in [-0.1, -0.05) is 42.5 Å². The van der Waals surface area contributed by atoms with E-state index in [2.05, 4.69) is 0 Å². The second kappa shape index (κ2) is 9.27. The van der Waals surface area contributed by atoms with Crippen molar-refractivity contribution in [3.63, 3.8) is 0 Å². The maximum absolute atomic E-state index is 13.4. The van der Waals surface area contributed by atoms with E-state index < -0.39 is 5.97 Å². The molecule has 1 N–H and O–H groups in total. The number of halogens is 1. The number of furan rings is 1. The van der Waals surface area contributed by atoms with Gasteiger partial charge < -0.3 is 14.4 Å². The van der Waals surface area contributed by atoms with Crippen LogP contribution in [-0.2, 0) is 11.3 Å².